The normalized spacial score (nSPS) is 15.8. The van der Waals surface area contributed by atoms with Crippen LogP contribution in [0.1, 0.15) is 44.1 Å². The molecular weight excluding hydrogens is 252 g/mol. The van der Waals surface area contributed by atoms with Gasteiger partial charge in [-0.15, -0.1) is 0 Å². The number of hydrogen-bond acceptors (Lipinski definition) is 3. The van der Waals surface area contributed by atoms with E-state index in [-0.39, 0.29) is 5.69 Å². The summed E-state index contributed by atoms with van der Waals surface area (Å²) in [5, 5.41) is 9.73. The number of tetrazole rings is 1. The average Bonchev–Trinajstić information content (AvgIpc) is 3.11. The molecule has 0 aliphatic heterocycles. The first-order valence-electron chi connectivity index (χ1n) is 7.43. The van der Waals surface area contributed by atoms with Gasteiger partial charge in [0.25, 0.3) is 0 Å². The molecule has 0 saturated heterocycles. The highest BCUT2D eigenvalue weighted by Crippen LogP contribution is 2.29. The van der Waals surface area contributed by atoms with E-state index in [1.165, 1.54) is 48.8 Å². The molecule has 1 N–H and O–H groups in total. The summed E-state index contributed by atoms with van der Waals surface area (Å²) >= 11 is 0. The Kier molecular flexibility index (Phi) is 3.95. The molecule has 1 fully saturated rings. The zero-order chi connectivity index (χ0) is 13.8. The van der Waals surface area contributed by atoms with E-state index >= 15 is 0 Å². The highest BCUT2D eigenvalue weighted by molar-refractivity contribution is 5.39. The number of aromatic amines is 1. The van der Waals surface area contributed by atoms with E-state index in [9.17, 15) is 4.79 Å². The van der Waals surface area contributed by atoms with Crippen molar-refractivity contribution in [1.29, 1.82) is 0 Å². The number of nitrogens with zero attached hydrogens (tertiary/aromatic N) is 3. The van der Waals surface area contributed by atoms with E-state index in [1.54, 1.807) is 0 Å². The van der Waals surface area contributed by atoms with Crippen LogP contribution >= 0.6 is 0 Å². The molecule has 20 heavy (non-hydrogen) atoms. The van der Waals surface area contributed by atoms with Gasteiger partial charge in [-0.05, 0) is 40.8 Å². The predicted molar refractivity (Wildman–Crippen MR) is 76.9 cm³/mol. The summed E-state index contributed by atoms with van der Waals surface area (Å²) in [6.45, 7) is 0. The fourth-order valence-electron chi connectivity index (χ4n) is 3.16. The second-order valence-electron chi connectivity index (χ2n) is 5.59. The number of hydrogen-bond donors (Lipinski definition) is 1. The van der Waals surface area contributed by atoms with Crippen LogP contribution in [0.25, 0.3) is 5.69 Å². The van der Waals surface area contributed by atoms with Gasteiger partial charge in [0.1, 0.15) is 0 Å². The summed E-state index contributed by atoms with van der Waals surface area (Å²) < 4.78 is 1.34. The lowest BCUT2D eigenvalue weighted by molar-refractivity contribution is 0.483. The van der Waals surface area contributed by atoms with E-state index < -0.39 is 0 Å². The van der Waals surface area contributed by atoms with Crippen LogP contribution in [0.3, 0.4) is 0 Å². The Morgan fingerprint density at radius 3 is 2.80 bits per heavy atom. The molecule has 3 rings (SSSR count). The zero-order valence-corrected chi connectivity index (χ0v) is 11.6. The van der Waals surface area contributed by atoms with Gasteiger partial charge >= 0.3 is 5.69 Å². The third-order valence-corrected chi connectivity index (χ3v) is 4.23. The van der Waals surface area contributed by atoms with Crippen LogP contribution < -0.4 is 5.69 Å². The molecule has 1 aliphatic carbocycles. The van der Waals surface area contributed by atoms with Crippen molar-refractivity contribution in [3.63, 3.8) is 0 Å². The first-order chi connectivity index (χ1) is 9.84. The molecule has 0 unspecified atom stereocenters. The van der Waals surface area contributed by atoms with E-state index in [0.717, 1.165) is 18.0 Å². The Bertz CT molecular complexity index is 610. The van der Waals surface area contributed by atoms with Crippen molar-refractivity contribution in [2.24, 2.45) is 5.92 Å². The summed E-state index contributed by atoms with van der Waals surface area (Å²) in [6, 6.07) is 7.94. The standard InChI is InChI=1S/C15H20N4O/c20-15-16-17-18-19(15)14-11-4-3-9-13(14)10-5-8-12-6-1-2-7-12/h3-4,9,11-12H,1-2,5-8,10H2,(H,16,18,20). The lowest BCUT2D eigenvalue weighted by Gasteiger charge is -2.10. The topological polar surface area (TPSA) is 63.6 Å². The molecule has 5 nitrogen and oxygen atoms in total. The molecule has 0 atom stereocenters. The van der Waals surface area contributed by atoms with Gasteiger partial charge in [-0.25, -0.2) is 9.89 Å². The minimum Gasteiger partial charge on any atom is -0.244 e. The molecule has 1 heterocycles. The van der Waals surface area contributed by atoms with E-state index in [2.05, 4.69) is 21.6 Å². The van der Waals surface area contributed by atoms with Gasteiger partial charge in [0.2, 0.25) is 0 Å². The van der Waals surface area contributed by atoms with Crippen molar-refractivity contribution in [2.45, 2.75) is 44.9 Å². The number of para-hydroxylation sites is 1. The molecule has 5 heteroatoms. The lowest BCUT2D eigenvalue weighted by Crippen LogP contribution is -2.17. The molecule has 0 bridgehead atoms. The Labute approximate surface area is 118 Å². The van der Waals surface area contributed by atoms with Crippen molar-refractivity contribution in [3.8, 4) is 5.69 Å². The smallest absolute Gasteiger partial charge is 0.244 e. The van der Waals surface area contributed by atoms with Crippen LogP contribution in [0.15, 0.2) is 29.1 Å². The molecular formula is C15H20N4O. The Morgan fingerprint density at radius 1 is 1.25 bits per heavy atom. The SMILES string of the molecule is O=c1[nH]nnn1-c1ccccc1CCCC1CCCC1. The predicted octanol–water partition coefficient (Wildman–Crippen LogP) is 2.47. The summed E-state index contributed by atoms with van der Waals surface area (Å²) in [7, 11) is 0. The van der Waals surface area contributed by atoms with Crippen LogP contribution in [0.5, 0.6) is 0 Å². The number of benzene rings is 1. The minimum atomic E-state index is -0.284. The van der Waals surface area contributed by atoms with Gasteiger partial charge in [0.15, 0.2) is 0 Å². The maximum absolute atomic E-state index is 11.6. The monoisotopic (exact) mass is 272 g/mol. The number of rotatable bonds is 5. The molecule has 0 amide bonds. The molecule has 1 saturated carbocycles. The number of nitrogens with one attached hydrogen (secondary N) is 1. The molecule has 1 aliphatic rings. The van der Waals surface area contributed by atoms with E-state index in [4.69, 9.17) is 0 Å². The molecule has 1 aromatic heterocycles. The Balaban J connectivity index is 1.70. The first-order valence-corrected chi connectivity index (χ1v) is 7.43. The van der Waals surface area contributed by atoms with Crippen molar-refractivity contribution < 1.29 is 0 Å². The largest absolute Gasteiger partial charge is 0.365 e. The van der Waals surface area contributed by atoms with Gasteiger partial charge in [0.05, 0.1) is 5.69 Å². The second-order valence-corrected chi connectivity index (χ2v) is 5.59. The number of aromatic nitrogens is 4. The third kappa shape index (κ3) is 2.81. The Morgan fingerprint density at radius 2 is 2.05 bits per heavy atom. The van der Waals surface area contributed by atoms with Crippen molar-refractivity contribution in [3.05, 3.63) is 40.3 Å². The molecule has 0 radical (unpaired) electrons. The minimum absolute atomic E-state index is 0.284. The summed E-state index contributed by atoms with van der Waals surface area (Å²) in [5.41, 5.74) is 1.73. The van der Waals surface area contributed by atoms with Gasteiger partial charge in [-0.3, -0.25) is 0 Å². The van der Waals surface area contributed by atoms with Crippen LogP contribution in [0.4, 0.5) is 0 Å². The van der Waals surface area contributed by atoms with Crippen LogP contribution in [-0.2, 0) is 6.42 Å². The fraction of sp³-hybridized carbons (Fsp3) is 0.533. The summed E-state index contributed by atoms with van der Waals surface area (Å²) in [4.78, 5) is 11.6. The highest BCUT2D eigenvalue weighted by atomic mass is 16.2. The zero-order valence-electron chi connectivity index (χ0n) is 11.6. The molecule has 106 valence electrons. The quantitative estimate of drug-likeness (QED) is 0.909. The van der Waals surface area contributed by atoms with Crippen molar-refractivity contribution >= 4 is 0 Å². The summed E-state index contributed by atoms with van der Waals surface area (Å²) in [5.74, 6) is 0.914. The number of H-pyrrole nitrogens is 1. The van der Waals surface area contributed by atoms with Crippen molar-refractivity contribution in [2.75, 3.05) is 0 Å². The fourth-order valence-corrected chi connectivity index (χ4v) is 3.16. The maximum atomic E-state index is 11.6. The average molecular weight is 272 g/mol. The second kappa shape index (κ2) is 6.03. The third-order valence-electron chi connectivity index (χ3n) is 4.23. The van der Waals surface area contributed by atoms with Crippen LogP contribution in [0, 0.1) is 5.92 Å². The lowest BCUT2D eigenvalue weighted by atomic mass is 9.98. The molecule has 1 aromatic carbocycles. The van der Waals surface area contributed by atoms with Gasteiger partial charge in [0, 0.05) is 0 Å². The van der Waals surface area contributed by atoms with Crippen LogP contribution in [0.2, 0.25) is 0 Å². The van der Waals surface area contributed by atoms with Crippen LogP contribution in [-0.4, -0.2) is 20.2 Å². The summed E-state index contributed by atoms with van der Waals surface area (Å²) in [6.07, 6.45) is 9.04. The van der Waals surface area contributed by atoms with E-state index in [1.807, 2.05) is 18.2 Å². The van der Waals surface area contributed by atoms with Gasteiger partial charge in [-0.1, -0.05) is 50.3 Å². The number of aryl methyl sites for hydroxylation is 1. The van der Waals surface area contributed by atoms with E-state index in [0.29, 0.717) is 0 Å². The van der Waals surface area contributed by atoms with Crippen molar-refractivity contribution in [1.82, 2.24) is 20.2 Å². The van der Waals surface area contributed by atoms with Gasteiger partial charge in [-0.2, -0.15) is 4.68 Å². The Hall–Kier alpha value is -1.91. The molecule has 0 spiro atoms. The van der Waals surface area contributed by atoms with Gasteiger partial charge < -0.3 is 0 Å². The maximum Gasteiger partial charge on any atom is 0.365 e. The molecule has 2 aromatic rings. The first kappa shape index (κ1) is 13.1. The highest BCUT2D eigenvalue weighted by Gasteiger charge is 2.15.